The van der Waals surface area contributed by atoms with Gasteiger partial charge in [0.1, 0.15) is 6.29 Å². The first-order valence-corrected chi connectivity index (χ1v) is 4.67. The van der Waals surface area contributed by atoms with Gasteiger partial charge in [0, 0.05) is 6.61 Å². The minimum Gasteiger partial charge on any atom is -0.373 e. The Morgan fingerprint density at radius 2 is 2.00 bits per heavy atom. The molecule has 0 amide bonds. The SMILES string of the molecule is CCOC(C=C(C)C)C(C)(C)C=O. The molecule has 1 atom stereocenters. The maximum absolute atomic E-state index is 10.8. The van der Waals surface area contributed by atoms with E-state index in [9.17, 15) is 4.79 Å². The van der Waals surface area contributed by atoms with Crippen molar-refractivity contribution >= 4 is 6.29 Å². The lowest BCUT2D eigenvalue weighted by molar-refractivity contribution is -0.120. The van der Waals surface area contributed by atoms with Crippen LogP contribution in [0.5, 0.6) is 0 Å². The van der Waals surface area contributed by atoms with E-state index in [1.54, 1.807) is 0 Å². The molecule has 13 heavy (non-hydrogen) atoms. The van der Waals surface area contributed by atoms with Crippen molar-refractivity contribution in [2.45, 2.75) is 40.7 Å². The molecule has 76 valence electrons. The minimum absolute atomic E-state index is 0.111. The summed E-state index contributed by atoms with van der Waals surface area (Å²) in [6.07, 6.45) is 2.84. The van der Waals surface area contributed by atoms with E-state index < -0.39 is 5.41 Å². The van der Waals surface area contributed by atoms with E-state index in [1.165, 1.54) is 5.57 Å². The summed E-state index contributed by atoms with van der Waals surface area (Å²) in [7, 11) is 0. The van der Waals surface area contributed by atoms with Crippen LogP contribution in [0, 0.1) is 5.41 Å². The maximum atomic E-state index is 10.8. The Kier molecular flexibility index (Phi) is 4.92. The molecule has 0 N–H and O–H groups in total. The molecule has 0 aromatic heterocycles. The molecule has 1 unspecified atom stereocenters. The van der Waals surface area contributed by atoms with E-state index in [0.29, 0.717) is 6.61 Å². The van der Waals surface area contributed by atoms with Crippen molar-refractivity contribution in [3.05, 3.63) is 11.6 Å². The van der Waals surface area contributed by atoms with Crippen LogP contribution in [0.4, 0.5) is 0 Å². The maximum Gasteiger partial charge on any atom is 0.128 e. The third-order valence-electron chi connectivity index (χ3n) is 1.87. The summed E-state index contributed by atoms with van der Waals surface area (Å²) in [6.45, 7) is 10.4. The van der Waals surface area contributed by atoms with Crippen LogP contribution in [0.2, 0.25) is 0 Å². The standard InChI is InChI=1S/C11H20O2/c1-6-13-10(7-9(2)3)11(4,5)8-12/h7-8,10H,6H2,1-5H3. The molecular formula is C11H20O2. The van der Waals surface area contributed by atoms with Gasteiger partial charge in [0.15, 0.2) is 0 Å². The summed E-state index contributed by atoms with van der Waals surface area (Å²) in [5, 5.41) is 0. The number of carbonyl (C=O) groups excluding carboxylic acids is 1. The molecule has 0 rings (SSSR count). The second-order valence-corrected chi connectivity index (χ2v) is 4.06. The predicted molar refractivity (Wildman–Crippen MR) is 54.7 cm³/mol. The normalized spacial score (nSPS) is 13.6. The number of rotatable bonds is 5. The molecule has 0 aromatic rings. The van der Waals surface area contributed by atoms with Crippen molar-refractivity contribution in [1.29, 1.82) is 0 Å². The molecule has 2 heteroatoms. The number of allylic oxidation sites excluding steroid dienone is 1. The van der Waals surface area contributed by atoms with Gasteiger partial charge in [-0.1, -0.05) is 25.5 Å². The fourth-order valence-electron chi connectivity index (χ4n) is 1.03. The van der Waals surface area contributed by atoms with Crippen LogP contribution in [-0.4, -0.2) is 19.0 Å². The van der Waals surface area contributed by atoms with Gasteiger partial charge in [-0.25, -0.2) is 0 Å². The number of carbonyl (C=O) groups is 1. The molecule has 0 saturated heterocycles. The van der Waals surface area contributed by atoms with Gasteiger partial charge in [-0.2, -0.15) is 0 Å². The van der Waals surface area contributed by atoms with Crippen LogP contribution in [-0.2, 0) is 9.53 Å². The van der Waals surface area contributed by atoms with E-state index in [4.69, 9.17) is 4.74 Å². The molecule has 0 aliphatic carbocycles. The lowest BCUT2D eigenvalue weighted by atomic mass is 9.87. The molecule has 0 fully saturated rings. The first-order chi connectivity index (χ1) is 5.94. The fourth-order valence-corrected chi connectivity index (χ4v) is 1.03. The topological polar surface area (TPSA) is 26.3 Å². The molecule has 0 bridgehead atoms. The van der Waals surface area contributed by atoms with Crippen LogP contribution >= 0.6 is 0 Å². The van der Waals surface area contributed by atoms with Crippen molar-refractivity contribution in [2.24, 2.45) is 5.41 Å². The van der Waals surface area contributed by atoms with Gasteiger partial charge in [0.25, 0.3) is 0 Å². The highest BCUT2D eigenvalue weighted by atomic mass is 16.5. The smallest absolute Gasteiger partial charge is 0.128 e. The van der Waals surface area contributed by atoms with Crippen molar-refractivity contribution in [1.82, 2.24) is 0 Å². The first-order valence-electron chi connectivity index (χ1n) is 4.67. The molecule has 0 spiro atoms. The molecule has 0 saturated carbocycles. The average molecular weight is 184 g/mol. The molecule has 0 heterocycles. The lowest BCUT2D eigenvalue weighted by Crippen LogP contribution is -2.32. The van der Waals surface area contributed by atoms with Crippen molar-refractivity contribution in [3.63, 3.8) is 0 Å². The van der Waals surface area contributed by atoms with Crippen molar-refractivity contribution < 1.29 is 9.53 Å². The monoisotopic (exact) mass is 184 g/mol. The number of hydrogen-bond acceptors (Lipinski definition) is 2. The summed E-state index contributed by atoms with van der Waals surface area (Å²) in [6, 6.07) is 0. The number of aldehydes is 1. The molecule has 0 radical (unpaired) electrons. The first kappa shape index (κ1) is 12.4. The Hall–Kier alpha value is -0.630. The second-order valence-electron chi connectivity index (χ2n) is 4.06. The van der Waals surface area contributed by atoms with Gasteiger partial charge in [0.05, 0.1) is 11.5 Å². The van der Waals surface area contributed by atoms with Gasteiger partial charge in [-0.05, 0) is 20.8 Å². The van der Waals surface area contributed by atoms with Gasteiger partial charge >= 0.3 is 0 Å². The number of ether oxygens (including phenoxy) is 1. The predicted octanol–water partition coefficient (Wildman–Crippen LogP) is 2.58. The van der Waals surface area contributed by atoms with Crippen molar-refractivity contribution in [3.8, 4) is 0 Å². The van der Waals surface area contributed by atoms with Gasteiger partial charge < -0.3 is 9.53 Å². The van der Waals surface area contributed by atoms with Crippen LogP contribution in [0.25, 0.3) is 0 Å². The fraction of sp³-hybridized carbons (Fsp3) is 0.727. The van der Waals surface area contributed by atoms with Crippen LogP contribution in [0.3, 0.4) is 0 Å². The molecule has 0 aliphatic rings. The molecule has 0 aromatic carbocycles. The Bertz CT molecular complexity index is 188. The summed E-state index contributed by atoms with van der Waals surface area (Å²) in [4.78, 5) is 10.8. The van der Waals surface area contributed by atoms with E-state index in [1.807, 2.05) is 40.7 Å². The van der Waals surface area contributed by atoms with Gasteiger partial charge in [0.2, 0.25) is 0 Å². The Labute approximate surface area is 81.0 Å². The van der Waals surface area contributed by atoms with Crippen LogP contribution < -0.4 is 0 Å². The van der Waals surface area contributed by atoms with E-state index in [0.717, 1.165) is 6.29 Å². The highest BCUT2D eigenvalue weighted by Crippen LogP contribution is 2.22. The summed E-state index contributed by atoms with van der Waals surface area (Å²) in [5.74, 6) is 0. The summed E-state index contributed by atoms with van der Waals surface area (Å²) < 4.78 is 5.50. The third-order valence-corrected chi connectivity index (χ3v) is 1.87. The quantitative estimate of drug-likeness (QED) is 0.485. The zero-order valence-electron chi connectivity index (χ0n) is 9.26. The Balaban J connectivity index is 4.59. The van der Waals surface area contributed by atoms with Gasteiger partial charge in [-0.15, -0.1) is 0 Å². The highest BCUT2D eigenvalue weighted by molar-refractivity contribution is 5.59. The summed E-state index contributed by atoms with van der Waals surface area (Å²) >= 11 is 0. The van der Waals surface area contributed by atoms with E-state index in [2.05, 4.69) is 0 Å². The van der Waals surface area contributed by atoms with Crippen LogP contribution in [0.15, 0.2) is 11.6 Å². The molecule has 2 nitrogen and oxygen atoms in total. The highest BCUT2D eigenvalue weighted by Gasteiger charge is 2.27. The van der Waals surface area contributed by atoms with E-state index >= 15 is 0 Å². The van der Waals surface area contributed by atoms with Crippen LogP contribution in [0.1, 0.15) is 34.6 Å². The largest absolute Gasteiger partial charge is 0.373 e. The zero-order chi connectivity index (χ0) is 10.5. The Morgan fingerprint density at radius 3 is 2.31 bits per heavy atom. The van der Waals surface area contributed by atoms with E-state index in [-0.39, 0.29) is 6.10 Å². The lowest BCUT2D eigenvalue weighted by Gasteiger charge is -2.26. The molecule has 0 aliphatic heterocycles. The zero-order valence-corrected chi connectivity index (χ0v) is 9.26. The molecular weight excluding hydrogens is 164 g/mol. The second kappa shape index (κ2) is 5.18. The Morgan fingerprint density at radius 1 is 1.46 bits per heavy atom. The van der Waals surface area contributed by atoms with Gasteiger partial charge in [-0.3, -0.25) is 0 Å². The minimum atomic E-state index is -0.437. The third kappa shape index (κ3) is 4.23. The van der Waals surface area contributed by atoms with Crippen molar-refractivity contribution in [2.75, 3.05) is 6.61 Å². The number of hydrogen-bond donors (Lipinski definition) is 0. The summed E-state index contributed by atoms with van der Waals surface area (Å²) in [5.41, 5.74) is 0.737. The average Bonchev–Trinajstić information content (AvgIpc) is 2.03.